The van der Waals surface area contributed by atoms with Crippen LogP contribution in [0.3, 0.4) is 0 Å². The van der Waals surface area contributed by atoms with E-state index in [1.807, 2.05) is 0 Å². The number of nitrogens with two attached hydrogens (primary N) is 1. The fourth-order valence-electron chi connectivity index (χ4n) is 1.96. The summed E-state index contributed by atoms with van der Waals surface area (Å²) in [5.41, 5.74) is 6.39. The summed E-state index contributed by atoms with van der Waals surface area (Å²) in [5.74, 6) is -0.648. The highest BCUT2D eigenvalue weighted by molar-refractivity contribution is 5.82. The van der Waals surface area contributed by atoms with Gasteiger partial charge < -0.3 is 15.7 Å². The minimum Gasteiger partial charge on any atom is -0.508 e. The first-order valence-electron chi connectivity index (χ1n) is 6.62. The van der Waals surface area contributed by atoms with Crippen LogP contribution >= 0.6 is 0 Å². The lowest BCUT2D eigenvalue weighted by molar-refractivity contribution is -0.162. The molecule has 1 atom stereocenters. The summed E-state index contributed by atoms with van der Waals surface area (Å²) < 4.78 is 37.4. The quantitative estimate of drug-likeness (QED) is 0.845. The topological polar surface area (TPSA) is 66.6 Å². The first-order valence-corrected chi connectivity index (χ1v) is 6.62. The molecule has 1 rings (SSSR count). The van der Waals surface area contributed by atoms with Gasteiger partial charge in [-0.15, -0.1) is 0 Å². The van der Waals surface area contributed by atoms with Crippen LogP contribution in [0.15, 0.2) is 24.3 Å². The number of hydrogen-bond acceptors (Lipinski definition) is 3. The lowest BCUT2D eigenvalue weighted by Gasteiger charge is -2.26. The zero-order chi connectivity index (χ0) is 16.0. The van der Waals surface area contributed by atoms with Gasteiger partial charge >= 0.3 is 6.18 Å². The second kappa shape index (κ2) is 7.31. The highest BCUT2D eigenvalue weighted by atomic mass is 19.4. The average Bonchev–Trinajstić information content (AvgIpc) is 2.38. The summed E-state index contributed by atoms with van der Waals surface area (Å²) in [4.78, 5) is 12.8. The van der Waals surface area contributed by atoms with Crippen molar-refractivity contribution < 1.29 is 23.1 Å². The number of aromatic hydroxyl groups is 1. The van der Waals surface area contributed by atoms with Crippen LogP contribution in [0.25, 0.3) is 0 Å². The molecule has 4 nitrogen and oxygen atoms in total. The van der Waals surface area contributed by atoms with Gasteiger partial charge in [-0.25, -0.2) is 0 Å². The predicted octanol–water partition coefficient (Wildman–Crippen LogP) is 2.06. The Balaban J connectivity index is 2.71. The van der Waals surface area contributed by atoms with Gasteiger partial charge in [-0.1, -0.05) is 19.1 Å². The molecular weight excluding hydrogens is 285 g/mol. The molecular formula is C14H19F3N2O2. The van der Waals surface area contributed by atoms with Gasteiger partial charge in [0.15, 0.2) is 0 Å². The van der Waals surface area contributed by atoms with Crippen LogP contribution in [0.5, 0.6) is 5.75 Å². The molecule has 3 N–H and O–H groups in total. The molecule has 0 aromatic heterocycles. The van der Waals surface area contributed by atoms with E-state index in [1.165, 1.54) is 12.1 Å². The van der Waals surface area contributed by atoms with Crippen molar-refractivity contribution in [2.24, 2.45) is 5.73 Å². The van der Waals surface area contributed by atoms with Crippen molar-refractivity contribution in [1.82, 2.24) is 4.90 Å². The summed E-state index contributed by atoms with van der Waals surface area (Å²) in [6, 6.07) is 4.99. The number of carbonyl (C=O) groups excluding carboxylic acids is 1. The normalized spacial score (nSPS) is 13.0. The molecule has 1 amide bonds. The molecule has 118 valence electrons. The zero-order valence-electron chi connectivity index (χ0n) is 11.7. The van der Waals surface area contributed by atoms with E-state index in [0.717, 1.165) is 4.90 Å². The number of phenols is 1. The Kier molecular flexibility index (Phi) is 6.02. The molecule has 7 heteroatoms. The standard InChI is InChI=1S/C14H19F3N2O2/c1-2-7-19(9-14(15,16)17)13(21)12(18)8-10-3-5-11(20)6-4-10/h3-6,12,20H,2,7-9,18H2,1H3/t12-/m1/s1. The number of amides is 1. The smallest absolute Gasteiger partial charge is 0.406 e. The van der Waals surface area contributed by atoms with E-state index in [-0.39, 0.29) is 18.7 Å². The Morgan fingerprint density at radius 2 is 1.90 bits per heavy atom. The van der Waals surface area contributed by atoms with Crippen LogP contribution in [-0.2, 0) is 11.2 Å². The maximum absolute atomic E-state index is 12.5. The van der Waals surface area contributed by atoms with Crippen LogP contribution in [-0.4, -0.2) is 41.2 Å². The van der Waals surface area contributed by atoms with E-state index in [0.29, 0.717) is 12.0 Å². The van der Waals surface area contributed by atoms with Gasteiger partial charge in [0.2, 0.25) is 5.91 Å². The summed E-state index contributed by atoms with van der Waals surface area (Å²) in [5, 5.41) is 9.15. The average molecular weight is 304 g/mol. The van der Waals surface area contributed by atoms with Crippen molar-refractivity contribution in [3.8, 4) is 5.75 Å². The monoisotopic (exact) mass is 304 g/mol. The van der Waals surface area contributed by atoms with Gasteiger partial charge in [-0.05, 0) is 30.5 Å². The summed E-state index contributed by atoms with van der Waals surface area (Å²) >= 11 is 0. The summed E-state index contributed by atoms with van der Waals surface area (Å²) in [7, 11) is 0. The third kappa shape index (κ3) is 6.03. The van der Waals surface area contributed by atoms with Gasteiger partial charge in [0, 0.05) is 6.54 Å². The SMILES string of the molecule is CCCN(CC(F)(F)F)C(=O)[C@H](N)Cc1ccc(O)cc1. The number of halogens is 3. The van der Waals surface area contributed by atoms with Crippen LogP contribution in [0.1, 0.15) is 18.9 Å². The first kappa shape index (κ1) is 17.3. The highest BCUT2D eigenvalue weighted by Crippen LogP contribution is 2.18. The van der Waals surface area contributed by atoms with E-state index in [1.54, 1.807) is 19.1 Å². The Labute approximate surface area is 121 Å². The molecule has 0 saturated carbocycles. The molecule has 0 saturated heterocycles. The van der Waals surface area contributed by atoms with Crippen LogP contribution < -0.4 is 5.73 Å². The second-order valence-electron chi connectivity index (χ2n) is 4.85. The van der Waals surface area contributed by atoms with Crippen LogP contribution in [0.2, 0.25) is 0 Å². The largest absolute Gasteiger partial charge is 0.508 e. The molecule has 0 aliphatic rings. The number of hydrogen-bond donors (Lipinski definition) is 2. The number of alkyl halides is 3. The highest BCUT2D eigenvalue weighted by Gasteiger charge is 2.34. The summed E-state index contributed by atoms with van der Waals surface area (Å²) in [6.07, 6.45) is -3.89. The second-order valence-corrected chi connectivity index (χ2v) is 4.85. The van der Waals surface area contributed by atoms with E-state index in [4.69, 9.17) is 10.8 Å². The maximum Gasteiger partial charge on any atom is 0.406 e. The van der Waals surface area contributed by atoms with Crippen LogP contribution in [0, 0.1) is 0 Å². The molecule has 0 radical (unpaired) electrons. The van der Waals surface area contributed by atoms with E-state index in [9.17, 15) is 18.0 Å². The van der Waals surface area contributed by atoms with E-state index < -0.39 is 24.7 Å². The lowest BCUT2D eigenvalue weighted by atomic mass is 10.1. The van der Waals surface area contributed by atoms with Crippen molar-refractivity contribution in [3.05, 3.63) is 29.8 Å². The fraction of sp³-hybridized carbons (Fsp3) is 0.500. The van der Waals surface area contributed by atoms with Crippen molar-refractivity contribution in [3.63, 3.8) is 0 Å². The van der Waals surface area contributed by atoms with Crippen molar-refractivity contribution in [2.75, 3.05) is 13.1 Å². The molecule has 0 unspecified atom stereocenters. The third-order valence-electron chi connectivity index (χ3n) is 2.88. The molecule has 0 bridgehead atoms. The molecule has 21 heavy (non-hydrogen) atoms. The van der Waals surface area contributed by atoms with Crippen molar-refractivity contribution in [2.45, 2.75) is 32.0 Å². The molecule has 0 aliphatic heterocycles. The molecule has 0 spiro atoms. The van der Waals surface area contributed by atoms with Gasteiger partial charge in [0.1, 0.15) is 12.3 Å². The fourth-order valence-corrected chi connectivity index (χ4v) is 1.96. The number of phenolic OH excluding ortho intramolecular Hbond substituents is 1. The molecule has 0 aliphatic carbocycles. The molecule has 1 aromatic rings. The Morgan fingerprint density at radius 1 is 1.33 bits per heavy atom. The molecule has 0 fully saturated rings. The minimum absolute atomic E-state index is 0.0155. The number of nitrogens with zero attached hydrogens (tertiary/aromatic N) is 1. The van der Waals surface area contributed by atoms with Gasteiger partial charge in [-0.2, -0.15) is 13.2 Å². The first-order chi connectivity index (χ1) is 9.73. The van der Waals surface area contributed by atoms with Crippen molar-refractivity contribution in [1.29, 1.82) is 0 Å². The summed E-state index contributed by atoms with van der Waals surface area (Å²) in [6.45, 7) is 0.423. The van der Waals surface area contributed by atoms with Gasteiger partial charge in [0.25, 0.3) is 0 Å². The minimum atomic E-state index is -4.44. The zero-order valence-corrected chi connectivity index (χ0v) is 11.7. The number of carbonyl (C=O) groups is 1. The Morgan fingerprint density at radius 3 is 2.38 bits per heavy atom. The van der Waals surface area contributed by atoms with E-state index >= 15 is 0 Å². The maximum atomic E-state index is 12.5. The van der Waals surface area contributed by atoms with Crippen LogP contribution in [0.4, 0.5) is 13.2 Å². The van der Waals surface area contributed by atoms with Gasteiger partial charge in [0.05, 0.1) is 6.04 Å². The van der Waals surface area contributed by atoms with E-state index in [2.05, 4.69) is 0 Å². The number of benzene rings is 1. The molecule has 0 heterocycles. The third-order valence-corrected chi connectivity index (χ3v) is 2.88. The van der Waals surface area contributed by atoms with Crippen molar-refractivity contribution >= 4 is 5.91 Å². The molecule has 1 aromatic carbocycles. The number of rotatable bonds is 6. The lowest BCUT2D eigenvalue weighted by Crippen LogP contribution is -2.48. The Hall–Kier alpha value is -1.76. The van der Waals surface area contributed by atoms with Gasteiger partial charge in [-0.3, -0.25) is 4.79 Å². The predicted molar refractivity (Wildman–Crippen MR) is 72.7 cm³/mol. The Bertz CT molecular complexity index is 460.